The second-order valence-corrected chi connectivity index (χ2v) is 7.18. The van der Waals surface area contributed by atoms with Gasteiger partial charge in [-0.25, -0.2) is 4.39 Å². The van der Waals surface area contributed by atoms with Crippen LogP contribution in [0.4, 0.5) is 4.39 Å². The topological polar surface area (TPSA) is 26.0 Å². The van der Waals surface area contributed by atoms with Gasteiger partial charge in [0.05, 0.1) is 0 Å². The Morgan fingerprint density at radius 2 is 1.90 bits per heavy atom. The predicted molar refractivity (Wildman–Crippen MR) is 83.4 cm³/mol. The van der Waals surface area contributed by atoms with Crippen molar-refractivity contribution in [3.05, 3.63) is 34.1 Å². The Hall–Kier alpha value is -0.600. The minimum Gasteiger partial charge on any atom is -0.323 e. The molecular weight excluding hydrogens is 273 g/mol. The molecule has 0 amide bonds. The molecule has 1 aliphatic carbocycles. The Morgan fingerprint density at radius 1 is 1.30 bits per heavy atom. The van der Waals surface area contributed by atoms with E-state index in [0.29, 0.717) is 16.5 Å². The molecule has 2 N–H and O–H groups in total. The zero-order valence-electron chi connectivity index (χ0n) is 12.7. The maximum atomic E-state index is 13.6. The van der Waals surface area contributed by atoms with Gasteiger partial charge < -0.3 is 5.73 Å². The largest absolute Gasteiger partial charge is 0.323 e. The van der Waals surface area contributed by atoms with Gasteiger partial charge in [0, 0.05) is 11.1 Å². The number of nitrogens with two attached hydrogens (primary N) is 1. The number of aryl methyl sites for hydroxylation is 1. The van der Waals surface area contributed by atoms with Crippen molar-refractivity contribution in [2.75, 3.05) is 0 Å². The minimum absolute atomic E-state index is 0.0980. The molecule has 1 fully saturated rings. The summed E-state index contributed by atoms with van der Waals surface area (Å²) in [4.78, 5) is 0. The zero-order chi connectivity index (χ0) is 14.9. The van der Waals surface area contributed by atoms with Gasteiger partial charge in [0.25, 0.3) is 0 Å². The molecule has 0 radical (unpaired) electrons. The first-order valence-electron chi connectivity index (χ1n) is 7.57. The van der Waals surface area contributed by atoms with Gasteiger partial charge >= 0.3 is 0 Å². The second-order valence-electron chi connectivity index (χ2n) is 6.77. The van der Waals surface area contributed by atoms with Gasteiger partial charge in [-0.3, -0.25) is 0 Å². The summed E-state index contributed by atoms with van der Waals surface area (Å²) in [6.07, 6.45) is 5.88. The maximum absolute atomic E-state index is 13.6. The first-order valence-corrected chi connectivity index (χ1v) is 7.94. The van der Waals surface area contributed by atoms with Gasteiger partial charge in [0.1, 0.15) is 5.82 Å². The highest BCUT2D eigenvalue weighted by atomic mass is 35.5. The summed E-state index contributed by atoms with van der Waals surface area (Å²) in [5, 5.41) is 0.468. The van der Waals surface area contributed by atoms with Crippen LogP contribution < -0.4 is 5.73 Å². The fourth-order valence-corrected chi connectivity index (χ4v) is 4.05. The lowest BCUT2D eigenvalue weighted by Crippen LogP contribution is -2.34. The van der Waals surface area contributed by atoms with Crippen molar-refractivity contribution < 1.29 is 4.39 Å². The summed E-state index contributed by atoms with van der Waals surface area (Å²) in [5.41, 5.74) is 8.26. The Morgan fingerprint density at radius 3 is 2.45 bits per heavy atom. The molecule has 0 aliphatic heterocycles. The Bertz CT molecular complexity index is 478. The van der Waals surface area contributed by atoms with E-state index in [2.05, 4.69) is 13.8 Å². The van der Waals surface area contributed by atoms with Crippen molar-refractivity contribution in [3.8, 4) is 0 Å². The molecule has 1 aromatic carbocycles. The highest BCUT2D eigenvalue weighted by molar-refractivity contribution is 6.31. The Balaban J connectivity index is 2.37. The average molecular weight is 298 g/mol. The molecular formula is C17H25ClFN. The van der Waals surface area contributed by atoms with Crippen LogP contribution in [0.15, 0.2) is 12.1 Å². The van der Waals surface area contributed by atoms with E-state index in [9.17, 15) is 4.39 Å². The lowest BCUT2D eigenvalue weighted by atomic mass is 9.70. The number of halogens is 2. The van der Waals surface area contributed by atoms with Crippen molar-refractivity contribution >= 4 is 11.6 Å². The van der Waals surface area contributed by atoms with Gasteiger partial charge in [0.15, 0.2) is 0 Å². The van der Waals surface area contributed by atoms with E-state index in [1.54, 1.807) is 6.92 Å². The van der Waals surface area contributed by atoms with Crippen LogP contribution in [-0.4, -0.2) is 0 Å². The third kappa shape index (κ3) is 3.01. The smallest absolute Gasteiger partial charge is 0.127 e. The van der Waals surface area contributed by atoms with E-state index in [1.807, 2.05) is 6.07 Å². The summed E-state index contributed by atoms with van der Waals surface area (Å²) in [7, 11) is 0. The molecule has 0 saturated heterocycles. The van der Waals surface area contributed by atoms with Crippen LogP contribution in [0, 0.1) is 24.1 Å². The lowest BCUT2D eigenvalue weighted by molar-refractivity contribution is 0.183. The molecule has 3 heteroatoms. The van der Waals surface area contributed by atoms with E-state index < -0.39 is 0 Å². The summed E-state index contributed by atoms with van der Waals surface area (Å²) < 4.78 is 13.6. The van der Waals surface area contributed by atoms with Gasteiger partial charge in [-0.15, -0.1) is 0 Å². The van der Waals surface area contributed by atoms with Crippen LogP contribution in [0.1, 0.15) is 63.1 Å². The SMILES string of the molecule is Cc1cc(C(N)C2(CC(C)C)CCCC2)c(Cl)cc1F. The molecule has 0 heterocycles. The number of hydrogen-bond acceptors (Lipinski definition) is 1. The van der Waals surface area contributed by atoms with E-state index >= 15 is 0 Å². The molecule has 1 nitrogen and oxygen atoms in total. The molecule has 1 saturated carbocycles. The fraction of sp³-hybridized carbons (Fsp3) is 0.647. The Kier molecular flexibility index (Phi) is 4.76. The lowest BCUT2D eigenvalue weighted by Gasteiger charge is -2.37. The number of hydrogen-bond donors (Lipinski definition) is 1. The van der Waals surface area contributed by atoms with Crippen molar-refractivity contribution in [2.45, 2.75) is 58.9 Å². The molecule has 0 bridgehead atoms. The summed E-state index contributed by atoms with van der Waals surface area (Å²) in [6.45, 7) is 6.25. The molecule has 2 rings (SSSR count). The molecule has 0 spiro atoms. The average Bonchev–Trinajstić information content (AvgIpc) is 2.81. The van der Waals surface area contributed by atoms with Crippen LogP contribution in [0.5, 0.6) is 0 Å². The molecule has 1 atom stereocenters. The number of benzene rings is 1. The van der Waals surface area contributed by atoms with E-state index in [1.165, 1.54) is 18.9 Å². The van der Waals surface area contributed by atoms with E-state index in [0.717, 1.165) is 24.8 Å². The molecule has 0 aromatic heterocycles. The first-order chi connectivity index (χ1) is 9.35. The Labute approximate surface area is 126 Å². The number of rotatable bonds is 4. The molecule has 20 heavy (non-hydrogen) atoms. The highest BCUT2D eigenvalue weighted by Gasteiger charge is 2.41. The minimum atomic E-state index is -0.254. The summed E-state index contributed by atoms with van der Waals surface area (Å²) in [6, 6.07) is 3.14. The normalized spacial score (nSPS) is 19.6. The third-order valence-corrected chi connectivity index (χ3v) is 5.01. The highest BCUT2D eigenvalue weighted by Crippen LogP contribution is 2.51. The maximum Gasteiger partial charge on any atom is 0.127 e. The van der Waals surface area contributed by atoms with Crippen LogP contribution >= 0.6 is 11.6 Å². The van der Waals surface area contributed by atoms with Crippen molar-refractivity contribution in [2.24, 2.45) is 17.1 Å². The second kappa shape index (κ2) is 6.03. The summed E-state index contributed by atoms with van der Waals surface area (Å²) >= 11 is 6.25. The monoisotopic (exact) mass is 297 g/mol. The molecule has 1 aromatic rings. The molecule has 1 aliphatic rings. The van der Waals surface area contributed by atoms with Crippen molar-refractivity contribution in [1.82, 2.24) is 0 Å². The van der Waals surface area contributed by atoms with Crippen LogP contribution in [0.3, 0.4) is 0 Å². The van der Waals surface area contributed by atoms with Gasteiger partial charge in [0.2, 0.25) is 0 Å². The van der Waals surface area contributed by atoms with Gasteiger partial charge in [-0.2, -0.15) is 0 Å². The van der Waals surface area contributed by atoms with Crippen LogP contribution in [0.2, 0.25) is 5.02 Å². The summed E-state index contributed by atoms with van der Waals surface area (Å²) in [5.74, 6) is 0.356. The predicted octanol–water partition coefficient (Wildman–Crippen LogP) is 5.39. The van der Waals surface area contributed by atoms with Gasteiger partial charge in [-0.05, 0) is 54.7 Å². The van der Waals surface area contributed by atoms with E-state index in [-0.39, 0.29) is 17.3 Å². The standard InChI is InChI=1S/C17H25ClFN/c1-11(2)10-17(6-4-5-7-17)16(20)13-8-12(3)15(19)9-14(13)18/h8-9,11,16H,4-7,10,20H2,1-3H3. The third-order valence-electron chi connectivity index (χ3n) is 4.69. The van der Waals surface area contributed by atoms with Crippen LogP contribution in [0.25, 0.3) is 0 Å². The van der Waals surface area contributed by atoms with Crippen molar-refractivity contribution in [1.29, 1.82) is 0 Å². The molecule has 1 unspecified atom stereocenters. The quantitative estimate of drug-likeness (QED) is 0.792. The van der Waals surface area contributed by atoms with E-state index in [4.69, 9.17) is 17.3 Å². The fourth-order valence-electron chi connectivity index (χ4n) is 3.78. The molecule has 112 valence electrons. The van der Waals surface area contributed by atoms with Crippen LogP contribution in [-0.2, 0) is 0 Å². The first kappa shape index (κ1) is 15.8. The van der Waals surface area contributed by atoms with Gasteiger partial charge in [-0.1, -0.05) is 44.4 Å². The van der Waals surface area contributed by atoms with Crippen molar-refractivity contribution in [3.63, 3.8) is 0 Å². The zero-order valence-corrected chi connectivity index (χ0v) is 13.4.